The summed E-state index contributed by atoms with van der Waals surface area (Å²) >= 11 is 0. The number of sulfone groups is 1. The molecule has 0 unspecified atom stereocenters. The van der Waals surface area contributed by atoms with Crippen LogP contribution in [0, 0.1) is 0 Å². The van der Waals surface area contributed by atoms with Gasteiger partial charge in [-0.15, -0.1) is 24.0 Å². The zero-order valence-electron chi connectivity index (χ0n) is 12.2. The molecule has 0 heterocycles. The third-order valence-corrected chi connectivity index (χ3v) is 3.97. The number of nitrogens with one attached hydrogen (secondary N) is 2. The SMILES string of the molecule is CN=C(NCCOCCS(C)(=O)=O)NC1CCCC1.I. The minimum atomic E-state index is -2.93. The third kappa shape index (κ3) is 9.76. The van der Waals surface area contributed by atoms with Gasteiger partial charge >= 0.3 is 0 Å². The summed E-state index contributed by atoms with van der Waals surface area (Å²) < 4.78 is 27.0. The molecular weight excluding hydrogens is 393 g/mol. The lowest BCUT2D eigenvalue weighted by atomic mass is 10.2. The van der Waals surface area contributed by atoms with Crippen LogP contribution < -0.4 is 10.6 Å². The Morgan fingerprint density at radius 1 is 1.30 bits per heavy atom. The Labute approximate surface area is 139 Å². The molecule has 0 bridgehead atoms. The molecule has 2 N–H and O–H groups in total. The Bertz CT molecular complexity index is 381. The van der Waals surface area contributed by atoms with Gasteiger partial charge < -0.3 is 15.4 Å². The molecule has 0 radical (unpaired) electrons. The lowest BCUT2D eigenvalue weighted by molar-refractivity contribution is 0.154. The number of ether oxygens (including phenoxy) is 1. The lowest BCUT2D eigenvalue weighted by Crippen LogP contribution is -2.43. The number of aliphatic imine (C=N–C) groups is 1. The molecular formula is C12H26IN3O3S. The predicted octanol–water partition coefficient (Wildman–Crippen LogP) is 0.773. The number of halogens is 1. The van der Waals surface area contributed by atoms with Gasteiger partial charge in [0.15, 0.2) is 5.96 Å². The van der Waals surface area contributed by atoms with E-state index in [1.807, 2.05) is 0 Å². The Hall–Kier alpha value is -0.0900. The van der Waals surface area contributed by atoms with Crippen LogP contribution >= 0.6 is 24.0 Å². The van der Waals surface area contributed by atoms with E-state index in [9.17, 15) is 8.42 Å². The highest BCUT2D eigenvalue weighted by Gasteiger charge is 2.15. The molecule has 1 rings (SSSR count). The maximum atomic E-state index is 10.9. The van der Waals surface area contributed by atoms with Crippen molar-refractivity contribution in [1.82, 2.24) is 10.6 Å². The molecule has 120 valence electrons. The molecule has 1 aliphatic rings. The number of hydrogen-bond donors (Lipinski definition) is 2. The minimum absolute atomic E-state index is 0. The van der Waals surface area contributed by atoms with Crippen molar-refractivity contribution >= 4 is 39.8 Å². The average molecular weight is 419 g/mol. The van der Waals surface area contributed by atoms with Gasteiger partial charge in [0.05, 0.1) is 19.0 Å². The second kappa shape index (κ2) is 10.6. The summed E-state index contributed by atoms with van der Waals surface area (Å²) in [5, 5.41) is 6.53. The first kappa shape index (κ1) is 19.9. The van der Waals surface area contributed by atoms with Crippen LogP contribution in [-0.4, -0.2) is 59.2 Å². The standard InChI is InChI=1S/C12H25N3O3S.HI/c1-13-12(15-11-5-3-4-6-11)14-7-8-18-9-10-19(2,16)17;/h11H,3-10H2,1-2H3,(H2,13,14,15);1H. The van der Waals surface area contributed by atoms with E-state index < -0.39 is 9.84 Å². The van der Waals surface area contributed by atoms with Crippen LogP contribution in [0.4, 0.5) is 0 Å². The van der Waals surface area contributed by atoms with Crippen molar-refractivity contribution in [3.05, 3.63) is 0 Å². The van der Waals surface area contributed by atoms with Crippen molar-refractivity contribution in [2.24, 2.45) is 4.99 Å². The molecule has 1 aliphatic carbocycles. The fourth-order valence-electron chi connectivity index (χ4n) is 2.01. The molecule has 6 nitrogen and oxygen atoms in total. The van der Waals surface area contributed by atoms with Gasteiger partial charge in [0.2, 0.25) is 0 Å². The highest BCUT2D eigenvalue weighted by molar-refractivity contribution is 14.0. The van der Waals surface area contributed by atoms with Gasteiger partial charge in [0.25, 0.3) is 0 Å². The van der Waals surface area contributed by atoms with Crippen molar-refractivity contribution in [2.45, 2.75) is 31.7 Å². The Balaban J connectivity index is 0.00000361. The van der Waals surface area contributed by atoms with Gasteiger partial charge in [-0.25, -0.2) is 8.42 Å². The van der Waals surface area contributed by atoms with E-state index in [0.717, 1.165) is 5.96 Å². The van der Waals surface area contributed by atoms with Gasteiger partial charge in [-0.1, -0.05) is 12.8 Å². The molecule has 0 saturated heterocycles. The molecule has 0 aromatic heterocycles. The van der Waals surface area contributed by atoms with E-state index in [-0.39, 0.29) is 36.3 Å². The number of hydrogen-bond acceptors (Lipinski definition) is 4. The highest BCUT2D eigenvalue weighted by atomic mass is 127. The van der Waals surface area contributed by atoms with Crippen LogP contribution in [-0.2, 0) is 14.6 Å². The molecule has 1 saturated carbocycles. The van der Waals surface area contributed by atoms with Gasteiger partial charge in [0.1, 0.15) is 9.84 Å². The third-order valence-electron chi connectivity index (χ3n) is 3.06. The van der Waals surface area contributed by atoms with Crippen molar-refractivity contribution in [2.75, 3.05) is 38.8 Å². The Morgan fingerprint density at radius 3 is 2.50 bits per heavy atom. The zero-order chi connectivity index (χ0) is 14.1. The largest absolute Gasteiger partial charge is 0.379 e. The smallest absolute Gasteiger partial charge is 0.191 e. The lowest BCUT2D eigenvalue weighted by Gasteiger charge is -2.16. The monoisotopic (exact) mass is 419 g/mol. The van der Waals surface area contributed by atoms with Crippen LogP contribution in [0.2, 0.25) is 0 Å². The van der Waals surface area contributed by atoms with Crippen LogP contribution in [0.1, 0.15) is 25.7 Å². The van der Waals surface area contributed by atoms with Crippen molar-refractivity contribution in [3.63, 3.8) is 0 Å². The van der Waals surface area contributed by atoms with E-state index in [1.165, 1.54) is 31.9 Å². The van der Waals surface area contributed by atoms with E-state index in [1.54, 1.807) is 7.05 Å². The van der Waals surface area contributed by atoms with Crippen LogP contribution in [0.5, 0.6) is 0 Å². The fourth-order valence-corrected chi connectivity index (χ4v) is 2.43. The van der Waals surface area contributed by atoms with E-state index in [4.69, 9.17) is 4.74 Å². The first-order valence-corrected chi connectivity index (χ1v) is 8.80. The van der Waals surface area contributed by atoms with E-state index >= 15 is 0 Å². The van der Waals surface area contributed by atoms with Gasteiger partial charge in [-0.05, 0) is 12.8 Å². The van der Waals surface area contributed by atoms with Crippen LogP contribution in [0.15, 0.2) is 4.99 Å². The zero-order valence-corrected chi connectivity index (χ0v) is 15.4. The molecule has 0 spiro atoms. The Morgan fingerprint density at radius 2 is 1.95 bits per heavy atom. The molecule has 0 amide bonds. The minimum Gasteiger partial charge on any atom is -0.379 e. The summed E-state index contributed by atoms with van der Waals surface area (Å²) in [5.74, 6) is 0.862. The van der Waals surface area contributed by atoms with Crippen LogP contribution in [0.25, 0.3) is 0 Å². The summed E-state index contributed by atoms with van der Waals surface area (Å²) in [4.78, 5) is 4.15. The summed E-state index contributed by atoms with van der Waals surface area (Å²) in [5.41, 5.74) is 0. The molecule has 0 aromatic carbocycles. The average Bonchev–Trinajstić information content (AvgIpc) is 2.83. The van der Waals surface area contributed by atoms with Gasteiger partial charge in [-0.3, -0.25) is 4.99 Å². The van der Waals surface area contributed by atoms with Crippen molar-refractivity contribution < 1.29 is 13.2 Å². The fraction of sp³-hybridized carbons (Fsp3) is 0.917. The molecule has 0 aromatic rings. The summed E-state index contributed by atoms with van der Waals surface area (Å²) in [6.45, 7) is 1.34. The number of guanidine groups is 1. The second-order valence-corrected chi connectivity index (χ2v) is 7.13. The quantitative estimate of drug-likeness (QED) is 0.276. The maximum absolute atomic E-state index is 10.9. The molecule has 0 aliphatic heterocycles. The van der Waals surface area contributed by atoms with Crippen molar-refractivity contribution in [1.29, 1.82) is 0 Å². The first-order chi connectivity index (χ1) is 9.01. The van der Waals surface area contributed by atoms with Crippen LogP contribution in [0.3, 0.4) is 0 Å². The van der Waals surface area contributed by atoms with Crippen molar-refractivity contribution in [3.8, 4) is 0 Å². The van der Waals surface area contributed by atoms with Gasteiger partial charge in [-0.2, -0.15) is 0 Å². The maximum Gasteiger partial charge on any atom is 0.191 e. The number of nitrogens with zero attached hydrogens (tertiary/aromatic N) is 1. The van der Waals surface area contributed by atoms with E-state index in [2.05, 4.69) is 15.6 Å². The molecule has 0 atom stereocenters. The summed E-state index contributed by atoms with van der Waals surface area (Å²) in [6.07, 6.45) is 6.17. The normalized spacial score (nSPS) is 16.8. The van der Waals surface area contributed by atoms with E-state index in [0.29, 0.717) is 19.2 Å². The molecule has 8 heteroatoms. The summed E-state index contributed by atoms with van der Waals surface area (Å²) in [6, 6.07) is 0.525. The molecule has 1 fully saturated rings. The number of rotatable bonds is 7. The Kier molecular flexibility index (Phi) is 10.6. The topological polar surface area (TPSA) is 79.8 Å². The second-order valence-electron chi connectivity index (χ2n) is 4.87. The van der Waals surface area contributed by atoms with Gasteiger partial charge in [0, 0.05) is 25.9 Å². The predicted molar refractivity (Wildman–Crippen MR) is 92.7 cm³/mol. The summed E-state index contributed by atoms with van der Waals surface area (Å²) in [7, 11) is -1.18. The first-order valence-electron chi connectivity index (χ1n) is 6.74. The molecule has 20 heavy (non-hydrogen) atoms. The highest BCUT2D eigenvalue weighted by Crippen LogP contribution is 2.17.